The number of nitro benzene ring substituents is 2. The largest absolute Gasteiger partial charge is 0.456 e. The molecule has 2 heterocycles. The second kappa shape index (κ2) is 11.4. The van der Waals surface area contributed by atoms with E-state index in [1.54, 1.807) is 62.4 Å². The van der Waals surface area contributed by atoms with Crippen LogP contribution in [0.15, 0.2) is 97.1 Å². The SMILES string of the molecule is Cc1c(OC(=O)c2ccc([N+](=O)[O-])cc2)ccc2c1Oc1c(ccc(OC(=O)c3ccc([N+](=O)[O-])cc3)c1C)C21OC(=O)c2ccccc21. The van der Waals surface area contributed by atoms with E-state index in [9.17, 15) is 34.6 Å². The molecule has 5 aromatic rings. The fourth-order valence-corrected chi connectivity index (χ4v) is 6.01. The first-order valence-electron chi connectivity index (χ1n) is 14.7. The van der Waals surface area contributed by atoms with Crippen LogP contribution in [0, 0.1) is 34.1 Å². The third kappa shape index (κ3) is 4.91. The Balaban J connectivity index is 1.31. The van der Waals surface area contributed by atoms with Crippen LogP contribution in [0.3, 0.4) is 0 Å². The summed E-state index contributed by atoms with van der Waals surface area (Å²) in [5.74, 6) is -1.39. The van der Waals surface area contributed by atoms with Crippen molar-refractivity contribution in [2.45, 2.75) is 19.4 Å². The Morgan fingerprint density at radius 3 is 1.53 bits per heavy atom. The topological polar surface area (TPSA) is 174 Å². The van der Waals surface area contributed by atoms with Gasteiger partial charge in [0.2, 0.25) is 0 Å². The van der Waals surface area contributed by atoms with Gasteiger partial charge in [0.05, 0.1) is 26.5 Å². The van der Waals surface area contributed by atoms with Crippen LogP contribution in [0.25, 0.3) is 0 Å². The van der Waals surface area contributed by atoms with Crippen LogP contribution in [0.2, 0.25) is 0 Å². The normalized spacial score (nSPS) is 13.3. The van der Waals surface area contributed by atoms with Gasteiger partial charge in [0, 0.05) is 52.1 Å². The molecule has 0 fully saturated rings. The molecule has 13 heteroatoms. The number of rotatable bonds is 6. The number of nitrogens with zero attached hydrogens (tertiary/aromatic N) is 2. The molecule has 1 spiro atoms. The van der Waals surface area contributed by atoms with Gasteiger partial charge in [-0.1, -0.05) is 18.2 Å². The van der Waals surface area contributed by atoms with Crippen molar-refractivity contribution in [3.63, 3.8) is 0 Å². The van der Waals surface area contributed by atoms with Gasteiger partial charge in [-0.25, -0.2) is 14.4 Å². The lowest BCUT2D eigenvalue weighted by molar-refractivity contribution is -0.385. The zero-order valence-corrected chi connectivity index (χ0v) is 25.6. The van der Waals surface area contributed by atoms with E-state index in [0.29, 0.717) is 33.4 Å². The minimum absolute atomic E-state index is 0.0828. The highest BCUT2D eigenvalue weighted by molar-refractivity contribution is 5.97. The molecule has 0 saturated carbocycles. The number of carbonyl (C=O) groups is 3. The van der Waals surface area contributed by atoms with Crippen molar-refractivity contribution in [1.29, 1.82) is 0 Å². The predicted molar refractivity (Wildman–Crippen MR) is 170 cm³/mol. The van der Waals surface area contributed by atoms with Gasteiger partial charge in [-0.15, -0.1) is 0 Å². The van der Waals surface area contributed by atoms with E-state index in [1.165, 1.54) is 48.5 Å². The highest BCUT2D eigenvalue weighted by atomic mass is 16.6. The Hall–Kier alpha value is -6.89. The molecule has 0 atom stereocenters. The maximum Gasteiger partial charge on any atom is 0.343 e. The molecule has 49 heavy (non-hydrogen) atoms. The van der Waals surface area contributed by atoms with Gasteiger partial charge in [0.25, 0.3) is 11.4 Å². The molecule has 0 saturated heterocycles. The van der Waals surface area contributed by atoms with Crippen LogP contribution >= 0.6 is 0 Å². The zero-order valence-electron chi connectivity index (χ0n) is 25.6. The number of carbonyl (C=O) groups excluding carboxylic acids is 3. The molecular formula is C36H22N2O11. The van der Waals surface area contributed by atoms with E-state index in [1.807, 2.05) is 0 Å². The Bertz CT molecular complexity index is 2130. The van der Waals surface area contributed by atoms with Crippen LogP contribution in [0.4, 0.5) is 11.4 Å². The number of nitro groups is 2. The molecular weight excluding hydrogens is 636 g/mol. The van der Waals surface area contributed by atoms with Gasteiger partial charge in [-0.2, -0.15) is 0 Å². The molecule has 2 aliphatic heterocycles. The standard InChI is InChI=1S/C36H22N2O11/c1-19-29(46-33(39)21-7-11-23(12-8-21)37(42)43)17-15-27-31(19)48-32-20(2)30(47-34(40)22-9-13-24(14-10-22)38(44)45)18-16-28(32)36(27)26-6-4-3-5-25(26)35(41)49-36/h3-18H,1-2H3. The molecule has 2 aliphatic rings. The van der Waals surface area contributed by atoms with E-state index in [-0.39, 0.29) is 45.5 Å². The third-order valence-corrected chi connectivity index (χ3v) is 8.48. The lowest BCUT2D eigenvalue weighted by Crippen LogP contribution is -2.33. The second-order valence-corrected chi connectivity index (χ2v) is 11.2. The molecule has 13 nitrogen and oxygen atoms in total. The summed E-state index contributed by atoms with van der Waals surface area (Å²) in [4.78, 5) is 60.3. The molecule has 7 rings (SSSR count). The number of benzene rings is 5. The second-order valence-electron chi connectivity index (χ2n) is 11.2. The monoisotopic (exact) mass is 658 g/mol. The van der Waals surface area contributed by atoms with Gasteiger partial charge in [0.1, 0.15) is 23.0 Å². The number of esters is 3. The summed E-state index contributed by atoms with van der Waals surface area (Å²) in [6, 6.07) is 23.2. The number of non-ortho nitro benzene ring substituents is 2. The average Bonchev–Trinajstić information content (AvgIpc) is 3.39. The smallest absolute Gasteiger partial charge is 0.343 e. The van der Waals surface area contributed by atoms with E-state index in [4.69, 9.17) is 18.9 Å². The van der Waals surface area contributed by atoms with Crippen molar-refractivity contribution in [3.05, 3.63) is 162 Å². The summed E-state index contributed by atoms with van der Waals surface area (Å²) in [6.07, 6.45) is 0. The first kappa shape index (κ1) is 30.7. The minimum Gasteiger partial charge on any atom is -0.456 e. The quantitative estimate of drug-likeness (QED) is 0.0786. The Labute approximate surface area is 276 Å². The Morgan fingerprint density at radius 1 is 0.633 bits per heavy atom. The van der Waals surface area contributed by atoms with Crippen molar-refractivity contribution in [3.8, 4) is 23.0 Å². The number of ether oxygens (including phenoxy) is 4. The Morgan fingerprint density at radius 2 is 1.08 bits per heavy atom. The van der Waals surface area contributed by atoms with Crippen molar-refractivity contribution in [1.82, 2.24) is 0 Å². The van der Waals surface area contributed by atoms with Gasteiger partial charge >= 0.3 is 17.9 Å². The maximum absolute atomic E-state index is 13.3. The molecule has 0 unspecified atom stereocenters. The van der Waals surface area contributed by atoms with Crippen LogP contribution < -0.4 is 14.2 Å². The number of fused-ring (bicyclic) bond motifs is 6. The number of hydrogen-bond acceptors (Lipinski definition) is 11. The highest BCUT2D eigenvalue weighted by Gasteiger charge is 2.54. The Kier molecular flexibility index (Phi) is 7.16. The highest BCUT2D eigenvalue weighted by Crippen LogP contribution is 2.59. The lowest BCUT2D eigenvalue weighted by atomic mass is 9.76. The lowest BCUT2D eigenvalue weighted by Gasteiger charge is -2.38. The zero-order chi connectivity index (χ0) is 34.6. The van der Waals surface area contributed by atoms with Gasteiger partial charge in [0.15, 0.2) is 5.60 Å². The van der Waals surface area contributed by atoms with E-state index in [2.05, 4.69) is 0 Å². The summed E-state index contributed by atoms with van der Waals surface area (Å²) in [5, 5.41) is 22.1. The molecule has 5 aromatic carbocycles. The molecule has 0 aromatic heterocycles. The van der Waals surface area contributed by atoms with E-state index < -0.39 is 33.4 Å². The fourth-order valence-electron chi connectivity index (χ4n) is 6.01. The van der Waals surface area contributed by atoms with Crippen LogP contribution in [0.5, 0.6) is 23.0 Å². The van der Waals surface area contributed by atoms with Crippen LogP contribution in [-0.2, 0) is 10.3 Å². The predicted octanol–water partition coefficient (Wildman–Crippen LogP) is 7.13. The fraction of sp³-hybridized carbons (Fsp3) is 0.0833. The van der Waals surface area contributed by atoms with Gasteiger partial charge in [-0.3, -0.25) is 20.2 Å². The summed E-state index contributed by atoms with van der Waals surface area (Å²) in [5.41, 5.74) is 0.901. The molecule has 0 radical (unpaired) electrons. The summed E-state index contributed by atoms with van der Waals surface area (Å²) >= 11 is 0. The van der Waals surface area contributed by atoms with Crippen LogP contribution in [0.1, 0.15) is 58.9 Å². The average molecular weight is 659 g/mol. The molecule has 0 aliphatic carbocycles. The first-order valence-corrected chi connectivity index (χ1v) is 14.7. The van der Waals surface area contributed by atoms with Crippen molar-refractivity contribution in [2.75, 3.05) is 0 Å². The van der Waals surface area contributed by atoms with Gasteiger partial charge < -0.3 is 18.9 Å². The summed E-state index contributed by atoms with van der Waals surface area (Å²) in [7, 11) is 0. The third-order valence-electron chi connectivity index (χ3n) is 8.48. The van der Waals surface area contributed by atoms with E-state index in [0.717, 1.165) is 0 Å². The van der Waals surface area contributed by atoms with Crippen molar-refractivity contribution >= 4 is 29.3 Å². The van der Waals surface area contributed by atoms with Crippen molar-refractivity contribution < 1.29 is 43.2 Å². The minimum atomic E-state index is -1.48. The first-order chi connectivity index (χ1) is 23.5. The maximum atomic E-state index is 13.3. The number of hydrogen-bond donors (Lipinski definition) is 0. The summed E-state index contributed by atoms with van der Waals surface area (Å²) < 4.78 is 24.1. The van der Waals surface area contributed by atoms with Crippen molar-refractivity contribution in [2.24, 2.45) is 0 Å². The van der Waals surface area contributed by atoms with E-state index >= 15 is 0 Å². The van der Waals surface area contributed by atoms with Crippen LogP contribution in [-0.4, -0.2) is 27.8 Å². The van der Waals surface area contributed by atoms with Gasteiger partial charge in [-0.05, 0) is 68.4 Å². The molecule has 0 bridgehead atoms. The summed E-state index contributed by atoms with van der Waals surface area (Å²) in [6.45, 7) is 3.32. The molecule has 242 valence electrons. The molecule has 0 amide bonds. The molecule has 0 N–H and O–H groups in total.